The molecule has 0 aromatic rings. The van der Waals surface area contributed by atoms with Crippen LogP contribution in [0.15, 0.2) is 0 Å². The van der Waals surface area contributed by atoms with Crippen LogP contribution in [0, 0.1) is 0 Å². The van der Waals surface area contributed by atoms with Crippen molar-refractivity contribution >= 4 is 5.91 Å². The van der Waals surface area contributed by atoms with Crippen LogP contribution in [0.25, 0.3) is 0 Å². The van der Waals surface area contributed by atoms with Crippen LogP contribution in [0.1, 0.15) is 0 Å². The van der Waals surface area contributed by atoms with E-state index in [1.165, 1.54) is 7.05 Å². The van der Waals surface area contributed by atoms with Crippen molar-refractivity contribution in [3.8, 4) is 0 Å². The topological polar surface area (TPSA) is 41.1 Å². The van der Waals surface area contributed by atoms with Gasteiger partial charge in [-0.1, -0.05) is 0 Å². The van der Waals surface area contributed by atoms with Crippen molar-refractivity contribution in [1.29, 1.82) is 0 Å². The van der Waals surface area contributed by atoms with Gasteiger partial charge in [-0.05, 0) is 0 Å². The van der Waals surface area contributed by atoms with E-state index in [2.05, 4.69) is 10.6 Å². The summed E-state index contributed by atoms with van der Waals surface area (Å²) in [5, 5.41) is 4.57. The zero-order valence-corrected chi connectivity index (χ0v) is 5.66. The summed E-state index contributed by atoms with van der Waals surface area (Å²) < 4.78 is 22.8. The zero-order valence-electron chi connectivity index (χ0n) is 5.66. The van der Waals surface area contributed by atoms with E-state index < -0.39 is 13.0 Å². The normalized spacial score (nSPS) is 10.0. The van der Waals surface area contributed by atoms with Gasteiger partial charge in [0, 0.05) is 7.05 Å². The van der Waals surface area contributed by atoms with Crippen LogP contribution >= 0.6 is 0 Å². The number of hydrogen-bond donors (Lipinski definition) is 2. The molecule has 0 aliphatic carbocycles. The Bertz CT molecular complexity index is 108. The molecule has 0 radical (unpaired) electrons. The standard InChI is InChI=1S/C5H10F2N2O/c1-8-5(10)3-9-2-4(6)7/h4,9H,2-3H2,1H3,(H,8,10). The maximum absolute atomic E-state index is 11.4. The fourth-order valence-corrected chi connectivity index (χ4v) is 0.383. The van der Waals surface area contributed by atoms with E-state index in [0.29, 0.717) is 0 Å². The minimum Gasteiger partial charge on any atom is -0.358 e. The number of rotatable bonds is 4. The van der Waals surface area contributed by atoms with Crippen molar-refractivity contribution in [2.24, 2.45) is 0 Å². The number of alkyl halides is 2. The molecule has 0 aliphatic rings. The molecule has 0 heterocycles. The number of hydrogen-bond acceptors (Lipinski definition) is 2. The first-order chi connectivity index (χ1) is 4.66. The summed E-state index contributed by atoms with van der Waals surface area (Å²) in [5.74, 6) is -0.291. The molecule has 0 fully saturated rings. The third kappa shape index (κ3) is 5.43. The van der Waals surface area contributed by atoms with Crippen LogP contribution in [0.4, 0.5) is 8.78 Å². The van der Waals surface area contributed by atoms with Crippen LogP contribution in [-0.2, 0) is 4.79 Å². The molecule has 1 amide bonds. The summed E-state index contributed by atoms with van der Waals surface area (Å²) in [6.07, 6.45) is -2.40. The Labute approximate surface area is 57.8 Å². The molecule has 0 aliphatic heterocycles. The van der Waals surface area contributed by atoms with Crippen molar-refractivity contribution in [3.05, 3.63) is 0 Å². The van der Waals surface area contributed by atoms with E-state index in [1.54, 1.807) is 0 Å². The molecule has 0 rings (SSSR count). The highest BCUT2D eigenvalue weighted by molar-refractivity contribution is 5.77. The maximum Gasteiger partial charge on any atom is 0.250 e. The van der Waals surface area contributed by atoms with Gasteiger partial charge < -0.3 is 10.6 Å². The number of nitrogens with one attached hydrogen (secondary N) is 2. The van der Waals surface area contributed by atoms with Crippen LogP contribution < -0.4 is 10.6 Å². The van der Waals surface area contributed by atoms with Gasteiger partial charge in [-0.2, -0.15) is 0 Å². The molecule has 0 spiro atoms. The van der Waals surface area contributed by atoms with Gasteiger partial charge in [-0.15, -0.1) is 0 Å². The Morgan fingerprint density at radius 3 is 2.60 bits per heavy atom. The quantitative estimate of drug-likeness (QED) is 0.574. The van der Waals surface area contributed by atoms with E-state index in [0.717, 1.165) is 0 Å². The van der Waals surface area contributed by atoms with Crippen molar-refractivity contribution in [2.75, 3.05) is 20.1 Å². The number of carbonyl (C=O) groups is 1. The van der Waals surface area contributed by atoms with Crippen LogP contribution in [0.5, 0.6) is 0 Å². The third-order valence-electron chi connectivity index (χ3n) is 0.863. The third-order valence-corrected chi connectivity index (χ3v) is 0.863. The van der Waals surface area contributed by atoms with E-state index >= 15 is 0 Å². The van der Waals surface area contributed by atoms with Gasteiger partial charge in [0.15, 0.2) is 0 Å². The van der Waals surface area contributed by atoms with E-state index in [9.17, 15) is 13.6 Å². The van der Waals surface area contributed by atoms with Gasteiger partial charge in [-0.3, -0.25) is 4.79 Å². The van der Waals surface area contributed by atoms with E-state index in [4.69, 9.17) is 0 Å². The molecule has 60 valence electrons. The first kappa shape index (κ1) is 9.29. The molecular weight excluding hydrogens is 142 g/mol. The molecule has 0 aromatic heterocycles. The molecule has 3 nitrogen and oxygen atoms in total. The molecular formula is C5H10F2N2O. The van der Waals surface area contributed by atoms with Gasteiger partial charge in [0.05, 0.1) is 13.1 Å². The average molecular weight is 152 g/mol. The number of halogens is 2. The lowest BCUT2D eigenvalue weighted by atomic mass is 10.5. The predicted octanol–water partition coefficient (Wildman–Crippen LogP) is -0.413. The zero-order chi connectivity index (χ0) is 7.98. The second-order valence-electron chi connectivity index (χ2n) is 1.70. The highest BCUT2D eigenvalue weighted by Gasteiger charge is 2.02. The number of amides is 1. The van der Waals surface area contributed by atoms with E-state index in [1.807, 2.05) is 0 Å². The lowest BCUT2D eigenvalue weighted by molar-refractivity contribution is -0.119. The van der Waals surface area contributed by atoms with Crippen molar-refractivity contribution in [3.63, 3.8) is 0 Å². The van der Waals surface area contributed by atoms with Crippen molar-refractivity contribution in [1.82, 2.24) is 10.6 Å². The minimum atomic E-state index is -2.40. The molecule has 2 N–H and O–H groups in total. The SMILES string of the molecule is CNC(=O)CNCC(F)F. The molecule has 0 atom stereocenters. The minimum absolute atomic E-state index is 0.0547. The van der Waals surface area contributed by atoms with Gasteiger partial charge in [-0.25, -0.2) is 8.78 Å². The molecule has 0 unspecified atom stereocenters. The smallest absolute Gasteiger partial charge is 0.250 e. The van der Waals surface area contributed by atoms with Crippen molar-refractivity contribution in [2.45, 2.75) is 6.43 Å². The molecule has 10 heavy (non-hydrogen) atoms. The van der Waals surface area contributed by atoms with Crippen LogP contribution in [0.3, 0.4) is 0 Å². The number of carbonyl (C=O) groups excluding carboxylic acids is 1. The fourth-order valence-electron chi connectivity index (χ4n) is 0.383. The van der Waals surface area contributed by atoms with Gasteiger partial charge in [0.2, 0.25) is 5.91 Å². The highest BCUT2D eigenvalue weighted by atomic mass is 19.3. The van der Waals surface area contributed by atoms with Gasteiger partial charge >= 0.3 is 0 Å². The predicted molar refractivity (Wildman–Crippen MR) is 32.9 cm³/mol. The summed E-state index contributed by atoms with van der Waals surface area (Å²) in [6.45, 7) is -0.492. The Balaban J connectivity index is 3.12. The van der Waals surface area contributed by atoms with Crippen LogP contribution in [-0.4, -0.2) is 32.5 Å². The summed E-state index contributed by atoms with van der Waals surface area (Å²) in [6, 6.07) is 0. The fraction of sp³-hybridized carbons (Fsp3) is 0.800. The second kappa shape index (κ2) is 5.10. The first-order valence-corrected chi connectivity index (χ1v) is 2.86. The summed E-state index contributed by atoms with van der Waals surface area (Å²) >= 11 is 0. The second-order valence-corrected chi connectivity index (χ2v) is 1.70. The molecule has 0 saturated carbocycles. The Morgan fingerprint density at radius 2 is 2.20 bits per heavy atom. The Morgan fingerprint density at radius 1 is 1.60 bits per heavy atom. The lowest BCUT2D eigenvalue weighted by Crippen LogP contribution is -2.33. The summed E-state index contributed by atoms with van der Waals surface area (Å²) in [4.78, 5) is 10.4. The van der Waals surface area contributed by atoms with Crippen LogP contribution in [0.2, 0.25) is 0 Å². The molecule has 0 saturated heterocycles. The maximum atomic E-state index is 11.4. The Hall–Kier alpha value is -0.710. The number of likely N-dealkylation sites (N-methyl/N-ethyl adjacent to an activating group) is 1. The largest absolute Gasteiger partial charge is 0.358 e. The Kier molecular flexibility index (Phi) is 4.74. The first-order valence-electron chi connectivity index (χ1n) is 2.86. The van der Waals surface area contributed by atoms with Crippen molar-refractivity contribution < 1.29 is 13.6 Å². The lowest BCUT2D eigenvalue weighted by Gasteiger charge is -2.01. The van der Waals surface area contributed by atoms with Gasteiger partial charge in [0.1, 0.15) is 0 Å². The molecule has 0 aromatic carbocycles. The van der Waals surface area contributed by atoms with E-state index in [-0.39, 0.29) is 12.5 Å². The molecule has 0 bridgehead atoms. The monoisotopic (exact) mass is 152 g/mol. The summed E-state index contributed by atoms with van der Waals surface area (Å²) in [7, 11) is 1.45. The highest BCUT2D eigenvalue weighted by Crippen LogP contribution is 1.86. The average Bonchev–Trinajstić information content (AvgIpc) is 1.87. The van der Waals surface area contributed by atoms with Gasteiger partial charge in [0.25, 0.3) is 6.43 Å². The molecule has 5 heteroatoms. The summed E-state index contributed by atoms with van der Waals surface area (Å²) in [5.41, 5.74) is 0.